The van der Waals surface area contributed by atoms with E-state index in [2.05, 4.69) is 10.3 Å². The smallest absolute Gasteiger partial charge is 0.344 e. The van der Waals surface area contributed by atoms with Gasteiger partial charge in [-0.2, -0.15) is 0 Å². The summed E-state index contributed by atoms with van der Waals surface area (Å²) in [7, 11) is 1.48. The number of carbonyl (C=O) groups excluding carboxylic acids is 2. The highest BCUT2D eigenvalue weighted by Crippen LogP contribution is 2.27. The van der Waals surface area contributed by atoms with Crippen molar-refractivity contribution in [2.24, 2.45) is 0 Å². The summed E-state index contributed by atoms with van der Waals surface area (Å²) in [5.41, 5.74) is 0.734. The molecule has 0 aliphatic rings. The number of hydrogen-bond acceptors (Lipinski definition) is 7. The second-order valence-corrected chi connectivity index (χ2v) is 7.09. The summed E-state index contributed by atoms with van der Waals surface area (Å²) in [6, 6.07) is 10.2. The standard InChI is InChI=1S/C21H18F2N2O5S/c1-12(30-19(26)10-29-18-6-4-3-5-17(18)28-2)20(27)25-21-24-16(11-31-21)13-7-8-14(22)15(23)9-13/h3-9,11-12H,10H2,1-2H3,(H,24,25,27)/t12-/m0/s1. The van der Waals surface area contributed by atoms with Crippen LogP contribution in [0.4, 0.5) is 13.9 Å². The molecule has 3 rings (SSSR count). The Hall–Kier alpha value is -3.53. The van der Waals surface area contributed by atoms with Crippen molar-refractivity contribution in [3.63, 3.8) is 0 Å². The number of anilines is 1. The van der Waals surface area contributed by atoms with Crippen LogP contribution in [0, 0.1) is 11.6 Å². The number of para-hydroxylation sites is 2. The Labute approximate surface area is 180 Å². The number of benzene rings is 2. The Balaban J connectivity index is 1.53. The minimum absolute atomic E-state index is 0.220. The quantitative estimate of drug-likeness (QED) is 0.524. The molecule has 0 saturated heterocycles. The van der Waals surface area contributed by atoms with Crippen LogP contribution in [-0.4, -0.2) is 36.7 Å². The zero-order valence-electron chi connectivity index (χ0n) is 16.6. The van der Waals surface area contributed by atoms with Crippen LogP contribution < -0.4 is 14.8 Å². The lowest BCUT2D eigenvalue weighted by Gasteiger charge is -2.13. The minimum atomic E-state index is -1.11. The van der Waals surface area contributed by atoms with Gasteiger partial charge in [-0.15, -0.1) is 11.3 Å². The summed E-state index contributed by atoms with van der Waals surface area (Å²) in [5.74, 6) is -2.47. The fourth-order valence-electron chi connectivity index (χ4n) is 2.49. The molecule has 0 radical (unpaired) electrons. The maximum Gasteiger partial charge on any atom is 0.344 e. The summed E-state index contributed by atoms with van der Waals surface area (Å²) in [4.78, 5) is 28.4. The minimum Gasteiger partial charge on any atom is -0.493 e. The van der Waals surface area contributed by atoms with E-state index in [-0.39, 0.29) is 5.13 Å². The number of thiazole rings is 1. The number of nitrogens with zero attached hydrogens (tertiary/aromatic N) is 1. The Kier molecular flexibility index (Phi) is 7.14. The summed E-state index contributed by atoms with van der Waals surface area (Å²) < 4.78 is 42.0. The fourth-order valence-corrected chi connectivity index (χ4v) is 3.21. The SMILES string of the molecule is COc1ccccc1OCC(=O)O[C@@H](C)C(=O)Nc1nc(-c2ccc(F)c(F)c2)cs1. The number of esters is 1. The number of amides is 1. The van der Waals surface area contributed by atoms with Crippen LogP contribution in [0.5, 0.6) is 11.5 Å². The molecule has 1 amide bonds. The van der Waals surface area contributed by atoms with Gasteiger partial charge in [-0.3, -0.25) is 10.1 Å². The highest BCUT2D eigenvalue weighted by atomic mass is 32.1. The van der Waals surface area contributed by atoms with Gasteiger partial charge in [0.05, 0.1) is 12.8 Å². The number of rotatable bonds is 8. The van der Waals surface area contributed by atoms with Crippen molar-refractivity contribution in [2.75, 3.05) is 19.0 Å². The van der Waals surface area contributed by atoms with Crippen molar-refractivity contribution in [3.05, 3.63) is 59.5 Å². The molecular formula is C21H18F2N2O5S. The number of carbonyl (C=O) groups is 2. The van der Waals surface area contributed by atoms with Gasteiger partial charge in [0.1, 0.15) is 0 Å². The van der Waals surface area contributed by atoms with E-state index in [0.717, 1.165) is 23.5 Å². The average Bonchev–Trinajstić information content (AvgIpc) is 3.22. The predicted molar refractivity (Wildman–Crippen MR) is 110 cm³/mol. The molecular weight excluding hydrogens is 430 g/mol. The number of methoxy groups -OCH3 is 1. The molecule has 1 atom stereocenters. The Morgan fingerprint density at radius 3 is 2.58 bits per heavy atom. The molecule has 0 bridgehead atoms. The van der Waals surface area contributed by atoms with Crippen LogP contribution in [0.15, 0.2) is 47.8 Å². The lowest BCUT2D eigenvalue weighted by atomic mass is 10.2. The molecule has 0 aliphatic carbocycles. The van der Waals surface area contributed by atoms with Crippen molar-refractivity contribution >= 4 is 28.3 Å². The van der Waals surface area contributed by atoms with Gasteiger partial charge in [0.15, 0.2) is 41.0 Å². The van der Waals surface area contributed by atoms with Crippen LogP contribution in [0.2, 0.25) is 0 Å². The number of aromatic nitrogens is 1. The maximum atomic E-state index is 13.4. The number of hydrogen-bond donors (Lipinski definition) is 1. The van der Waals surface area contributed by atoms with Crippen molar-refractivity contribution in [1.29, 1.82) is 0 Å². The van der Waals surface area contributed by atoms with E-state index in [0.29, 0.717) is 22.8 Å². The van der Waals surface area contributed by atoms with Crippen LogP contribution in [0.1, 0.15) is 6.92 Å². The van der Waals surface area contributed by atoms with Crippen molar-refractivity contribution in [3.8, 4) is 22.8 Å². The van der Waals surface area contributed by atoms with Gasteiger partial charge in [-0.25, -0.2) is 18.6 Å². The molecule has 162 valence electrons. The van der Waals surface area contributed by atoms with E-state index in [1.807, 2.05) is 0 Å². The fraction of sp³-hybridized carbons (Fsp3) is 0.190. The molecule has 10 heteroatoms. The second kappa shape index (κ2) is 9.98. The monoisotopic (exact) mass is 448 g/mol. The van der Waals surface area contributed by atoms with E-state index in [1.54, 1.807) is 29.6 Å². The first-order valence-electron chi connectivity index (χ1n) is 9.04. The summed E-state index contributed by atoms with van der Waals surface area (Å²) in [5, 5.41) is 4.32. The van der Waals surface area contributed by atoms with E-state index in [1.165, 1.54) is 20.1 Å². The third-order valence-corrected chi connectivity index (χ3v) is 4.80. The maximum absolute atomic E-state index is 13.4. The first kappa shape index (κ1) is 22.2. The molecule has 0 saturated carbocycles. The average molecular weight is 448 g/mol. The molecule has 1 aromatic heterocycles. The van der Waals surface area contributed by atoms with Gasteiger partial charge in [-0.05, 0) is 37.3 Å². The molecule has 2 aromatic carbocycles. The molecule has 3 aromatic rings. The lowest BCUT2D eigenvalue weighted by molar-refractivity contribution is -0.155. The van der Waals surface area contributed by atoms with Crippen LogP contribution in [0.3, 0.4) is 0 Å². The first-order valence-corrected chi connectivity index (χ1v) is 9.92. The lowest BCUT2D eigenvalue weighted by Crippen LogP contribution is -2.31. The third-order valence-electron chi connectivity index (χ3n) is 4.04. The highest BCUT2D eigenvalue weighted by molar-refractivity contribution is 7.14. The molecule has 1 N–H and O–H groups in total. The van der Waals surface area contributed by atoms with Gasteiger partial charge in [0.25, 0.3) is 5.91 Å². The summed E-state index contributed by atoms with van der Waals surface area (Å²) >= 11 is 1.09. The number of halogens is 2. The normalized spacial score (nSPS) is 11.5. The molecule has 0 aliphatic heterocycles. The second-order valence-electron chi connectivity index (χ2n) is 6.23. The predicted octanol–water partition coefficient (Wildman–Crippen LogP) is 4.05. The molecule has 7 nitrogen and oxygen atoms in total. The Bertz CT molecular complexity index is 1090. The van der Waals surface area contributed by atoms with Gasteiger partial charge in [-0.1, -0.05) is 12.1 Å². The zero-order chi connectivity index (χ0) is 22.4. The van der Waals surface area contributed by atoms with Crippen LogP contribution in [0.25, 0.3) is 11.3 Å². The largest absolute Gasteiger partial charge is 0.493 e. The highest BCUT2D eigenvalue weighted by Gasteiger charge is 2.20. The van der Waals surface area contributed by atoms with E-state index in [4.69, 9.17) is 14.2 Å². The van der Waals surface area contributed by atoms with Crippen LogP contribution in [-0.2, 0) is 14.3 Å². The van der Waals surface area contributed by atoms with Gasteiger partial charge in [0, 0.05) is 10.9 Å². The number of ether oxygens (including phenoxy) is 3. The van der Waals surface area contributed by atoms with Crippen molar-refractivity contribution in [1.82, 2.24) is 4.98 Å². The van der Waals surface area contributed by atoms with Gasteiger partial charge < -0.3 is 14.2 Å². The molecule has 0 fully saturated rings. The number of nitrogens with one attached hydrogen (secondary N) is 1. The van der Waals surface area contributed by atoms with Gasteiger partial charge in [0.2, 0.25) is 0 Å². The van der Waals surface area contributed by atoms with Gasteiger partial charge >= 0.3 is 5.97 Å². The Morgan fingerprint density at radius 1 is 1.13 bits per heavy atom. The molecule has 0 spiro atoms. The molecule has 31 heavy (non-hydrogen) atoms. The van der Waals surface area contributed by atoms with Crippen molar-refractivity contribution < 1.29 is 32.6 Å². The summed E-state index contributed by atoms with van der Waals surface area (Å²) in [6.45, 7) is 0.996. The first-order chi connectivity index (χ1) is 14.9. The molecule has 0 unspecified atom stereocenters. The Morgan fingerprint density at radius 2 is 1.87 bits per heavy atom. The van der Waals surface area contributed by atoms with Crippen LogP contribution >= 0.6 is 11.3 Å². The topological polar surface area (TPSA) is 86.8 Å². The zero-order valence-corrected chi connectivity index (χ0v) is 17.4. The van der Waals surface area contributed by atoms with Crippen molar-refractivity contribution in [2.45, 2.75) is 13.0 Å². The van der Waals surface area contributed by atoms with E-state index >= 15 is 0 Å². The van der Waals surface area contributed by atoms with E-state index in [9.17, 15) is 18.4 Å². The molecule has 1 heterocycles. The third kappa shape index (κ3) is 5.76. The van der Waals surface area contributed by atoms with E-state index < -0.39 is 36.2 Å². The summed E-state index contributed by atoms with van der Waals surface area (Å²) in [6.07, 6.45) is -1.11.